The van der Waals surface area contributed by atoms with Crippen LogP contribution in [0.15, 0.2) is 24.0 Å². The summed E-state index contributed by atoms with van der Waals surface area (Å²) in [6, 6.07) is 0. The van der Waals surface area contributed by atoms with Crippen LogP contribution in [0.4, 0.5) is 0 Å². The number of amides is 2. The normalized spacial score (nSPS) is 14.0. The molecule has 0 saturated heterocycles. The first-order valence-corrected chi connectivity index (χ1v) is 5.17. The maximum absolute atomic E-state index is 11.6. The fourth-order valence-electron chi connectivity index (χ4n) is 1.31. The lowest BCUT2D eigenvalue weighted by atomic mass is 10.3. The van der Waals surface area contributed by atoms with Crippen LogP contribution in [0.3, 0.4) is 0 Å². The molecule has 0 aliphatic carbocycles. The summed E-state index contributed by atoms with van der Waals surface area (Å²) in [5.41, 5.74) is 0.553. The zero-order chi connectivity index (χ0) is 12.8. The van der Waals surface area contributed by atoms with E-state index in [-0.39, 0.29) is 19.1 Å². The zero-order valence-electron chi connectivity index (χ0n) is 9.73. The molecule has 92 valence electrons. The summed E-state index contributed by atoms with van der Waals surface area (Å²) < 4.78 is 4.60. The highest BCUT2D eigenvalue weighted by Crippen LogP contribution is 2.06. The number of nitrogens with zero attached hydrogens (tertiary/aromatic N) is 1. The van der Waals surface area contributed by atoms with Crippen LogP contribution in [0.5, 0.6) is 0 Å². The van der Waals surface area contributed by atoms with Gasteiger partial charge >= 0.3 is 11.9 Å². The minimum absolute atomic E-state index is 0.147. The smallest absolute Gasteiger partial charge is 0.397 e. The largest absolute Gasteiger partial charge is 0.459 e. The van der Waals surface area contributed by atoms with Crippen molar-refractivity contribution in [2.75, 3.05) is 13.2 Å². The number of hydrogen-bond acceptors (Lipinski definition) is 4. The Balaban J connectivity index is 2.62. The molecule has 0 aromatic heterocycles. The second kappa shape index (κ2) is 5.83. The fourth-order valence-corrected chi connectivity index (χ4v) is 1.31. The van der Waals surface area contributed by atoms with E-state index in [4.69, 9.17) is 0 Å². The molecule has 0 radical (unpaired) electrons. The van der Waals surface area contributed by atoms with E-state index in [9.17, 15) is 14.4 Å². The first-order chi connectivity index (χ1) is 8.04. The molecule has 6 nitrogen and oxygen atoms in total. The Morgan fingerprint density at radius 1 is 1.47 bits per heavy atom. The van der Waals surface area contributed by atoms with E-state index in [0.29, 0.717) is 5.70 Å². The Labute approximate surface area is 98.9 Å². The number of esters is 1. The maximum atomic E-state index is 11.6. The van der Waals surface area contributed by atoms with E-state index in [0.717, 1.165) is 0 Å². The van der Waals surface area contributed by atoms with Gasteiger partial charge in [0.25, 0.3) is 0 Å². The first-order valence-electron chi connectivity index (χ1n) is 5.17. The van der Waals surface area contributed by atoms with Crippen molar-refractivity contribution in [1.82, 2.24) is 10.2 Å². The third-order valence-electron chi connectivity index (χ3n) is 1.95. The molecule has 6 heteroatoms. The Kier molecular flexibility index (Phi) is 4.45. The second-order valence-corrected chi connectivity index (χ2v) is 3.37. The van der Waals surface area contributed by atoms with Crippen molar-refractivity contribution in [1.29, 1.82) is 0 Å². The van der Waals surface area contributed by atoms with E-state index in [2.05, 4.69) is 10.1 Å². The number of hydrogen-bond donors (Lipinski definition) is 1. The molecule has 0 atom stereocenters. The minimum Gasteiger partial charge on any atom is -0.459 e. The summed E-state index contributed by atoms with van der Waals surface area (Å²) >= 11 is 0. The molecule has 1 N–H and O–H groups in total. The van der Waals surface area contributed by atoms with Crippen LogP contribution in [0.2, 0.25) is 0 Å². The van der Waals surface area contributed by atoms with E-state index in [1.165, 1.54) is 18.0 Å². The van der Waals surface area contributed by atoms with Crippen LogP contribution in [-0.2, 0) is 19.1 Å². The molecular weight excluding hydrogens is 224 g/mol. The van der Waals surface area contributed by atoms with Gasteiger partial charge in [-0.05, 0) is 19.1 Å². The molecule has 0 aromatic rings. The molecule has 0 aromatic carbocycles. The van der Waals surface area contributed by atoms with Crippen molar-refractivity contribution in [2.45, 2.75) is 13.8 Å². The summed E-state index contributed by atoms with van der Waals surface area (Å²) in [5.74, 6) is -1.88. The summed E-state index contributed by atoms with van der Waals surface area (Å²) in [5, 5.41) is 2.56. The Bertz CT molecular complexity index is 398. The topological polar surface area (TPSA) is 75.7 Å². The Morgan fingerprint density at radius 3 is 2.76 bits per heavy atom. The molecule has 17 heavy (non-hydrogen) atoms. The van der Waals surface area contributed by atoms with Gasteiger partial charge in [-0.25, -0.2) is 4.79 Å². The van der Waals surface area contributed by atoms with Gasteiger partial charge in [0.15, 0.2) is 0 Å². The van der Waals surface area contributed by atoms with Crippen LogP contribution >= 0.6 is 0 Å². The molecule has 0 unspecified atom stereocenters. The van der Waals surface area contributed by atoms with Gasteiger partial charge in [-0.1, -0.05) is 0 Å². The molecule has 0 spiro atoms. The summed E-state index contributed by atoms with van der Waals surface area (Å²) in [7, 11) is 0. The molecule has 0 fully saturated rings. The first kappa shape index (κ1) is 13.0. The predicted molar refractivity (Wildman–Crippen MR) is 59.4 cm³/mol. The average molecular weight is 238 g/mol. The molecule has 1 aliphatic heterocycles. The van der Waals surface area contributed by atoms with Gasteiger partial charge in [0.1, 0.15) is 0 Å². The van der Waals surface area contributed by atoms with E-state index >= 15 is 0 Å². The van der Waals surface area contributed by atoms with Crippen LogP contribution in [0.1, 0.15) is 13.8 Å². The zero-order valence-corrected chi connectivity index (χ0v) is 9.73. The van der Waals surface area contributed by atoms with Crippen LogP contribution in [0.25, 0.3) is 0 Å². The monoisotopic (exact) mass is 238 g/mol. The van der Waals surface area contributed by atoms with Gasteiger partial charge < -0.3 is 15.0 Å². The van der Waals surface area contributed by atoms with Crippen molar-refractivity contribution in [3.8, 4) is 0 Å². The fraction of sp³-hybridized carbons (Fsp3) is 0.364. The van der Waals surface area contributed by atoms with Crippen molar-refractivity contribution in [3.05, 3.63) is 24.0 Å². The molecule has 0 bridgehead atoms. The molecular formula is C11H14N2O4. The molecule has 1 heterocycles. The van der Waals surface area contributed by atoms with Crippen LogP contribution in [0, 0.1) is 0 Å². The third-order valence-corrected chi connectivity index (χ3v) is 1.95. The van der Waals surface area contributed by atoms with Crippen LogP contribution in [-0.4, -0.2) is 35.8 Å². The number of allylic oxidation sites excluding steroid dienone is 2. The van der Waals surface area contributed by atoms with Gasteiger partial charge in [-0.3, -0.25) is 9.59 Å². The standard InChI is InChI=1S/C11H14N2O4/c1-3-17-11(16)10(15)13-6-4-5-9(7-13)12-8(2)14/h4-6H,3,7H2,1-2H3,(H,12,14). The number of ether oxygens (including phenoxy) is 1. The second-order valence-electron chi connectivity index (χ2n) is 3.37. The van der Waals surface area contributed by atoms with E-state index < -0.39 is 11.9 Å². The molecule has 0 saturated carbocycles. The summed E-state index contributed by atoms with van der Waals surface area (Å²) in [6.45, 7) is 3.29. The predicted octanol–water partition coefficient (Wildman–Crippen LogP) is -0.0746. The highest BCUT2D eigenvalue weighted by Gasteiger charge is 2.23. The Morgan fingerprint density at radius 2 is 2.18 bits per heavy atom. The van der Waals surface area contributed by atoms with Gasteiger partial charge in [0.2, 0.25) is 5.91 Å². The van der Waals surface area contributed by atoms with E-state index in [1.54, 1.807) is 19.1 Å². The Hall–Kier alpha value is -2.11. The molecule has 1 aliphatic rings. The number of carbonyl (C=O) groups excluding carboxylic acids is 3. The number of nitrogens with one attached hydrogen (secondary N) is 1. The maximum Gasteiger partial charge on any atom is 0.397 e. The van der Waals surface area contributed by atoms with E-state index in [1.807, 2.05) is 0 Å². The highest BCUT2D eigenvalue weighted by atomic mass is 16.5. The van der Waals surface area contributed by atoms with Crippen molar-refractivity contribution >= 4 is 17.8 Å². The highest BCUT2D eigenvalue weighted by molar-refractivity contribution is 6.32. The molecule has 2 amide bonds. The van der Waals surface area contributed by atoms with Crippen molar-refractivity contribution in [2.24, 2.45) is 0 Å². The van der Waals surface area contributed by atoms with Gasteiger partial charge in [0, 0.05) is 18.8 Å². The van der Waals surface area contributed by atoms with Crippen molar-refractivity contribution in [3.63, 3.8) is 0 Å². The van der Waals surface area contributed by atoms with Gasteiger partial charge in [-0.2, -0.15) is 0 Å². The van der Waals surface area contributed by atoms with Gasteiger partial charge in [-0.15, -0.1) is 0 Å². The molecule has 1 rings (SSSR count). The lowest BCUT2D eigenvalue weighted by Crippen LogP contribution is -2.39. The quantitative estimate of drug-likeness (QED) is 0.539. The number of rotatable bonds is 2. The summed E-state index contributed by atoms with van der Waals surface area (Å²) in [4.78, 5) is 34.8. The third kappa shape index (κ3) is 3.75. The lowest BCUT2D eigenvalue weighted by Gasteiger charge is -2.21. The van der Waals surface area contributed by atoms with Crippen molar-refractivity contribution < 1.29 is 19.1 Å². The average Bonchev–Trinajstić information content (AvgIpc) is 2.28. The van der Waals surface area contributed by atoms with Crippen LogP contribution < -0.4 is 5.32 Å². The number of carbonyl (C=O) groups is 3. The minimum atomic E-state index is -0.902. The lowest BCUT2D eigenvalue weighted by molar-refractivity contribution is -0.158. The summed E-state index contributed by atoms with van der Waals surface area (Å²) in [6.07, 6.45) is 4.70. The SMILES string of the molecule is CCOC(=O)C(=O)N1C=CC=C(NC(C)=O)C1. The van der Waals surface area contributed by atoms with Gasteiger partial charge in [0.05, 0.1) is 13.2 Å².